The number of nitrogens with zero attached hydrogens (tertiary/aromatic N) is 2. The van der Waals surface area contributed by atoms with Gasteiger partial charge in [0, 0.05) is 18.3 Å². The molecule has 0 aliphatic rings. The Kier molecular flexibility index (Phi) is 5.44. The number of carbonyl (C=O) groups is 2. The summed E-state index contributed by atoms with van der Waals surface area (Å²) in [5.74, 6) is -0.571. The SMILES string of the molecule is CCOC(=O)c1cc(-c2ccc([N+](=O)[O-])cc2)n(C(=O)OC(C)(C)C)c1. The van der Waals surface area contributed by atoms with Crippen LogP contribution in [0.5, 0.6) is 0 Å². The molecule has 1 aromatic heterocycles. The summed E-state index contributed by atoms with van der Waals surface area (Å²) >= 11 is 0. The Morgan fingerprint density at radius 1 is 1.19 bits per heavy atom. The number of hydrogen-bond acceptors (Lipinski definition) is 6. The van der Waals surface area contributed by atoms with Crippen LogP contribution in [0.1, 0.15) is 38.1 Å². The monoisotopic (exact) mass is 360 g/mol. The highest BCUT2D eigenvalue weighted by atomic mass is 16.6. The van der Waals surface area contributed by atoms with Crippen LogP contribution in [0.3, 0.4) is 0 Å². The first-order valence-electron chi connectivity index (χ1n) is 8.00. The molecule has 2 rings (SSSR count). The van der Waals surface area contributed by atoms with Gasteiger partial charge >= 0.3 is 12.1 Å². The molecule has 0 saturated heterocycles. The fourth-order valence-corrected chi connectivity index (χ4v) is 2.23. The van der Waals surface area contributed by atoms with Crippen LogP contribution in [0.15, 0.2) is 36.5 Å². The first-order valence-corrected chi connectivity index (χ1v) is 8.00. The molecule has 0 fully saturated rings. The largest absolute Gasteiger partial charge is 0.462 e. The van der Waals surface area contributed by atoms with E-state index in [1.807, 2.05) is 0 Å². The van der Waals surface area contributed by atoms with Crippen LogP contribution in [0, 0.1) is 10.1 Å². The van der Waals surface area contributed by atoms with Crippen LogP contribution in [-0.4, -0.2) is 33.8 Å². The van der Waals surface area contributed by atoms with Crippen LogP contribution in [-0.2, 0) is 9.47 Å². The van der Waals surface area contributed by atoms with E-state index in [1.54, 1.807) is 27.7 Å². The van der Waals surface area contributed by atoms with Crippen molar-refractivity contribution in [2.45, 2.75) is 33.3 Å². The molecule has 0 amide bonds. The van der Waals surface area contributed by atoms with Crippen LogP contribution >= 0.6 is 0 Å². The highest BCUT2D eigenvalue weighted by molar-refractivity contribution is 5.93. The van der Waals surface area contributed by atoms with Gasteiger partial charge in [0.05, 0.1) is 22.8 Å². The molecule has 0 aliphatic heterocycles. The molecule has 1 heterocycles. The minimum atomic E-state index is -0.724. The summed E-state index contributed by atoms with van der Waals surface area (Å²) in [7, 11) is 0. The van der Waals surface area contributed by atoms with Crippen molar-refractivity contribution in [1.82, 2.24) is 4.57 Å². The normalized spacial score (nSPS) is 11.1. The van der Waals surface area contributed by atoms with Crippen molar-refractivity contribution in [2.24, 2.45) is 0 Å². The van der Waals surface area contributed by atoms with E-state index >= 15 is 0 Å². The van der Waals surface area contributed by atoms with Crippen molar-refractivity contribution < 1.29 is 24.0 Å². The smallest absolute Gasteiger partial charge is 0.419 e. The van der Waals surface area contributed by atoms with Crippen molar-refractivity contribution in [2.75, 3.05) is 6.61 Å². The summed E-state index contributed by atoms with van der Waals surface area (Å²) in [6.45, 7) is 7.06. The van der Waals surface area contributed by atoms with Gasteiger partial charge in [0.1, 0.15) is 5.60 Å². The number of hydrogen-bond donors (Lipinski definition) is 0. The maximum atomic E-state index is 12.5. The van der Waals surface area contributed by atoms with Gasteiger partial charge in [0.15, 0.2) is 0 Å². The lowest BCUT2D eigenvalue weighted by molar-refractivity contribution is -0.384. The van der Waals surface area contributed by atoms with E-state index < -0.39 is 22.6 Å². The lowest BCUT2D eigenvalue weighted by Crippen LogP contribution is -2.27. The standard InChI is InChI=1S/C18H20N2O6/c1-5-25-16(21)13-10-15(12-6-8-14(9-7-12)20(23)24)19(11-13)17(22)26-18(2,3)4/h6-11H,5H2,1-4H3. The van der Waals surface area contributed by atoms with E-state index in [-0.39, 0.29) is 17.9 Å². The molecule has 0 bridgehead atoms. The quantitative estimate of drug-likeness (QED) is 0.464. The number of rotatable bonds is 4. The van der Waals surface area contributed by atoms with Crippen molar-refractivity contribution in [3.05, 3.63) is 52.2 Å². The van der Waals surface area contributed by atoms with E-state index in [0.29, 0.717) is 11.3 Å². The molecule has 8 nitrogen and oxygen atoms in total. The summed E-state index contributed by atoms with van der Waals surface area (Å²) < 4.78 is 11.5. The van der Waals surface area contributed by atoms with E-state index in [1.165, 1.54) is 41.1 Å². The Morgan fingerprint density at radius 3 is 2.31 bits per heavy atom. The second-order valence-corrected chi connectivity index (χ2v) is 6.49. The Bertz CT molecular complexity index is 830. The molecule has 0 aliphatic carbocycles. The third-order valence-electron chi connectivity index (χ3n) is 3.30. The van der Waals surface area contributed by atoms with Gasteiger partial charge in [0.2, 0.25) is 0 Å². The lowest BCUT2D eigenvalue weighted by atomic mass is 10.1. The Hall–Kier alpha value is -3.16. The number of esters is 1. The number of benzene rings is 1. The number of aromatic nitrogens is 1. The summed E-state index contributed by atoms with van der Waals surface area (Å²) in [5, 5.41) is 10.8. The van der Waals surface area contributed by atoms with Crippen LogP contribution in [0.25, 0.3) is 11.3 Å². The van der Waals surface area contributed by atoms with Gasteiger partial charge in [-0.1, -0.05) is 0 Å². The second-order valence-electron chi connectivity index (χ2n) is 6.49. The maximum Gasteiger partial charge on any atom is 0.419 e. The second kappa shape index (κ2) is 7.38. The average molecular weight is 360 g/mol. The Balaban J connectivity index is 2.49. The number of ether oxygens (including phenoxy) is 2. The average Bonchev–Trinajstić information content (AvgIpc) is 2.99. The van der Waals surface area contributed by atoms with Gasteiger partial charge in [-0.2, -0.15) is 0 Å². The van der Waals surface area contributed by atoms with Crippen LogP contribution in [0.2, 0.25) is 0 Å². The first kappa shape index (κ1) is 19.2. The molecule has 0 unspecified atom stereocenters. The van der Waals surface area contributed by atoms with E-state index in [4.69, 9.17) is 9.47 Å². The van der Waals surface area contributed by atoms with Gasteiger partial charge in [-0.3, -0.25) is 14.7 Å². The molecule has 0 spiro atoms. The van der Waals surface area contributed by atoms with Gasteiger partial charge < -0.3 is 9.47 Å². The predicted molar refractivity (Wildman–Crippen MR) is 94.1 cm³/mol. The van der Waals surface area contributed by atoms with Gasteiger partial charge in [-0.15, -0.1) is 0 Å². The molecule has 2 aromatic rings. The molecule has 138 valence electrons. The summed E-state index contributed by atoms with van der Waals surface area (Å²) in [6, 6.07) is 7.15. The molecule has 26 heavy (non-hydrogen) atoms. The third-order valence-corrected chi connectivity index (χ3v) is 3.30. The van der Waals surface area contributed by atoms with Crippen LogP contribution < -0.4 is 0 Å². The number of nitro benzene ring substituents is 1. The fraction of sp³-hybridized carbons (Fsp3) is 0.333. The summed E-state index contributed by atoms with van der Waals surface area (Å²) in [4.78, 5) is 34.8. The van der Waals surface area contributed by atoms with Gasteiger partial charge in [-0.25, -0.2) is 9.59 Å². The van der Waals surface area contributed by atoms with Crippen molar-refractivity contribution in [1.29, 1.82) is 0 Å². The zero-order valence-electron chi connectivity index (χ0n) is 15.0. The minimum absolute atomic E-state index is 0.0743. The number of carbonyl (C=O) groups excluding carboxylic acids is 2. The lowest BCUT2D eigenvalue weighted by Gasteiger charge is -2.20. The first-order chi connectivity index (χ1) is 12.1. The molecular weight excluding hydrogens is 340 g/mol. The zero-order valence-corrected chi connectivity index (χ0v) is 15.0. The number of nitro groups is 1. The van der Waals surface area contributed by atoms with Crippen molar-refractivity contribution >= 4 is 17.7 Å². The molecule has 0 saturated carbocycles. The fourth-order valence-electron chi connectivity index (χ4n) is 2.23. The minimum Gasteiger partial charge on any atom is -0.462 e. The van der Waals surface area contributed by atoms with E-state index in [9.17, 15) is 19.7 Å². The summed E-state index contributed by atoms with van der Waals surface area (Å²) in [6.07, 6.45) is 0.671. The summed E-state index contributed by atoms with van der Waals surface area (Å²) in [5.41, 5.74) is 0.285. The molecule has 0 atom stereocenters. The van der Waals surface area contributed by atoms with Gasteiger partial charge in [0.25, 0.3) is 5.69 Å². The van der Waals surface area contributed by atoms with E-state index in [0.717, 1.165) is 0 Å². The molecular formula is C18H20N2O6. The van der Waals surface area contributed by atoms with Gasteiger partial charge in [-0.05, 0) is 51.5 Å². The topological polar surface area (TPSA) is 101 Å². The van der Waals surface area contributed by atoms with Crippen LogP contribution in [0.4, 0.5) is 10.5 Å². The molecule has 1 aromatic carbocycles. The third kappa shape index (κ3) is 4.47. The molecule has 0 radical (unpaired) electrons. The highest BCUT2D eigenvalue weighted by Gasteiger charge is 2.23. The Morgan fingerprint density at radius 2 is 1.81 bits per heavy atom. The maximum absolute atomic E-state index is 12.5. The van der Waals surface area contributed by atoms with Crippen molar-refractivity contribution in [3.63, 3.8) is 0 Å². The van der Waals surface area contributed by atoms with E-state index in [2.05, 4.69) is 0 Å². The molecule has 0 N–H and O–H groups in total. The zero-order chi connectivity index (χ0) is 19.5. The Labute approximate surface area is 150 Å². The predicted octanol–water partition coefficient (Wildman–Crippen LogP) is 4.02. The molecule has 8 heteroatoms. The number of non-ortho nitro benzene ring substituents is 1. The highest BCUT2D eigenvalue weighted by Crippen LogP contribution is 2.26. The van der Waals surface area contributed by atoms with Crippen molar-refractivity contribution in [3.8, 4) is 11.3 Å².